The van der Waals surface area contributed by atoms with Crippen molar-refractivity contribution in [1.82, 2.24) is 28.8 Å². The lowest BCUT2D eigenvalue weighted by molar-refractivity contribution is 0.0690. The SMILES string of the molecule is Cn1cc(S(=O)(=O)N2CCN(C(=O)c3ccn(COc4cccc(Cl)c4Cl)n3)CC2)cn1. The van der Waals surface area contributed by atoms with Crippen molar-refractivity contribution in [1.29, 1.82) is 0 Å². The largest absolute Gasteiger partial charge is 0.470 e. The molecule has 3 heterocycles. The maximum Gasteiger partial charge on any atom is 0.274 e. The fourth-order valence-electron chi connectivity index (χ4n) is 3.25. The molecule has 4 rings (SSSR count). The third-order valence-corrected chi connectivity index (χ3v) is 7.63. The highest BCUT2D eigenvalue weighted by Crippen LogP contribution is 2.31. The summed E-state index contributed by atoms with van der Waals surface area (Å²) in [5, 5.41) is 8.85. The van der Waals surface area contributed by atoms with Crippen molar-refractivity contribution < 1.29 is 17.9 Å². The van der Waals surface area contributed by atoms with Crippen LogP contribution < -0.4 is 4.74 Å². The number of ether oxygens (including phenoxy) is 1. The number of piperazine rings is 1. The Morgan fingerprint density at radius 3 is 2.59 bits per heavy atom. The molecule has 0 unspecified atom stereocenters. The van der Waals surface area contributed by atoms with E-state index in [-0.39, 0.29) is 49.4 Å². The highest BCUT2D eigenvalue weighted by molar-refractivity contribution is 7.89. The normalized spacial score (nSPS) is 15.2. The van der Waals surface area contributed by atoms with Gasteiger partial charge in [0.1, 0.15) is 15.7 Å². The number of aromatic nitrogens is 4. The number of amides is 1. The van der Waals surface area contributed by atoms with E-state index in [0.717, 1.165) is 0 Å². The number of halogens is 2. The average Bonchev–Trinajstić information content (AvgIpc) is 3.44. The highest BCUT2D eigenvalue weighted by atomic mass is 35.5. The third-order valence-electron chi connectivity index (χ3n) is 4.97. The zero-order valence-electron chi connectivity index (χ0n) is 17.1. The summed E-state index contributed by atoms with van der Waals surface area (Å²) in [6.07, 6.45) is 4.39. The minimum absolute atomic E-state index is 0.0461. The van der Waals surface area contributed by atoms with Gasteiger partial charge in [0.15, 0.2) is 12.4 Å². The number of hydrogen-bond acceptors (Lipinski definition) is 6. The van der Waals surface area contributed by atoms with Crippen LogP contribution in [-0.2, 0) is 23.8 Å². The lowest BCUT2D eigenvalue weighted by Gasteiger charge is -2.33. The first-order valence-corrected chi connectivity index (χ1v) is 11.8. The van der Waals surface area contributed by atoms with Gasteiger partial charge in [-0.2, -0.15) is 14.5 Å². The summed E-state index contributed by atoms with van der Waals surface area (Å²) in [5.41, 5.74) is 0.245. The Morgan fingerprint density at radius 1 is 1.16 bits per heavy atom. The van der Waals surface area contributed by atoms with E-state index in [0.29, 0.717) is 15.8 Å². The summed E-state index contributed by atoms with van der Waals surface area (Å²) in [6.45, 7) is 0.962. The van der Waals surface area contributed by atoms with Gasteiger partial charge in [-0.1, -0.05) is 29.3 Å². The van der Waals surface area contributed by atoms with Gasteiger partial charge in [-0.25, -0.2) is 13.1 Å². The first-order valence-electron chi connectivity index (χ1n) is 9.64. The molecule has 0 aliphatic carbocycles. The number of hydrogen-bond donors (Lipinski definition) is 0. The van der Waals surface area contributed by atoms with E-state index in [1.54, 1.807) is 42.4 Å². The summed E-state index contributed by atoms with van der Waals surface area (Å²) < 4.78 is 35.3. The first kappa shape index (κ1) is 22.6. The van der Waals surface area contributed by atoms with Gasteiger partial charge in [-0.05, 0) is 18.2 Å². The van der Waals surface area contributed by atoms with Gasteiger partial charge in [0, 0.05) is 45.6 Å². The van der Waals surface area contributed by atoms with E-state index < -0.39 is 10.0 Å². The maximum atomic E-state index is 12.8. The fourth-order valence-corrected chi connectivity index (χ4v) is 5.01. The van der Waals surface area contributed by atoms with E-state index >= 15 is 0 Å². The van der Waals surface area contributed by atoms with Crippen LogP contribution in [0.5, 0.6) is 5.75 Å². The standard InChI is InChI=1S/C19H20Cl2N6O4S/c1-24-12-14(11-22-24)32(29,30)27-9-7-25(8-10-27)19(28)16-5-6-26(23-16)13-31-17-4-2-3-15(20)18(17)21/h2-6,11-12H,7-10,13H2,1H3. The number of rotatable bonds is 6. The van der Waals surface area contributed by atoms with Crippen LogP contribution in [-0.4, -0.2) is 69.3 Å². The molecule has 1 aromatic carbocycles. The Balaban J connectivity index is 1.35. The molecule has 10 nitrogen and oxygen atoms in total. The molecular formula is C19H20Cl2N6O4S. The van der Waals surface area contributed by atoms with Gasteiger partial charge in [-0.3, -0.25) is 9.48 Å². The van der Waals surface area contributed by atoms with Crippen molar-refractivity contribution in [2.24, 2.45) is 7.05 Å². The van der Waals surface area contributed by atoms with Crippen molar-refractivity contribution in [3.05, 3.63) is 58.6 Å². The van der Waals surface area contributed by atoms with Crippen molar-refractivity contribution in [2.45, 2.75) is 11.6 Å². The van der Waals surface area contributed by atoms with Crippen LogP contribution in [0.15, 0.2) is 47.8 Å². The number of aryl methyl sites for hydroxylation is 1. The molecule has 13 heteroatoms. The molecule has 1 aliphatic heterocycles. The van der Waals surface area contributed by atoms with Crippen LogP contribution in [0.4, 0.5) is 0 Å². The van der Waals surface area contributed by atoms with Crippen LogP contribution in [0.25, 0.3) is 0 Å². The van der Waals surface area contributed by atoms with E-state index in [1.165, 1.54) is 26.1 Å². The minimum atomic E-state index is -3.64. The molecule has 2 aromatic heterocycles. The summed E-state index contributed by atoms with van der Waals surface area (Å²) in [5.74, 6) is 0.136. The predicted octanol–water partition coefficient (Wildman–Crippen LogP) is 2.11. The lowest BCUT2D eigenvalue weighted by atomic mass is 10.3. The first-order chi connectivity index (χ1) is 15.3. The second kappa shape index (κ2) is 9.10. The van der Waals surface area contributed by atoms with E-state index in [4.69, 9.17) is 27.9 Å². The smallest absolute Gasteiger partial charge is 0.274 e. The Labute approximate surface area is 194 Å². The minimum Gasteiger partial charge on any atom is -0.470 e. The van der Waals surface area contributed by atoms with Crippen LogP contribution in [0.3, 0.4) is 0 Å². The molecule has 3 aromatic rings. The second-order valence-corrected chi connectivity index (χ2v) is 9.83. The molecule has 0 bridgehead atoms. The molecule has 32 heavy (non-hydrogen) atoms. The number of benzene rings is 1. The number of nitrogens with zero attached hydrogens (tertiary/aromatic N) is 6. The molecular weight excluding hydrogens is 479 g/mol. The highest BCUT2D eigenvalue weighted by Gasteiger charge is 2.31. The molecule has 1 aliphatic rings. The molecule has 0 spiro atoms. The monoisotopic (exact) mass is 498 g/mol. The Bertz CT molecular complexity index is 1230. The topological polar surface area (TPSA) is 103 Å². The Kier molecular flexibility index (Phi) is 6.42. The van der Waals surface area contributed by atoms with E-state index in [9.17, 15) is 13.2 Å². The van der Waals surface area contributed by atoms with Crippen molar-refractivity contribution in [3.63, 3.8) is 0 Å². The van der Waals surface area contributed by atoms with Gasteiger partial charge in [0.05, 0.1) is 11.2 Å². The van der Waals surface area contributed by atoms with Crippen LogP contribution in [0, 0.1) is 0 Å². The number of sulfonamides is 1. The van der Waals surface area contributed by atoms with Gasteiger partial charge in [-0.15, -0.1) is 0 Å². The van der Waals surface area contributed by atoms with Gasteiger partial charge in [0.25, 0.3) is 5.91 Å². The quantitative estimate of drug-likeness (QED) is 0.515. The molecule has 0 saturated carbocycles. The Hall–Kier alpha value is -2.60. The zero-order chi connectivity index (χ0) is 22.9. The molecule has 170 valence electrons. The zero-order valence-corrected chi connectivity index (χ0v) is 19.4. The second-order valence-electron chi connectivity index (χ2n) is 7.11. The van der Waals surface area contributed by atoms with Gasteiger partial charge < -0.3 is 9.64 Å². The summed E-state index contributed by atoms with van der Waals surface area (Å²) in [4.78, 5) is 14.5. The molecule has 1 fully saturated rings. The van der Waals surface area contributed by atoms with Crippen molar-refractivity contribution >= 4 is 39.1 Å². The molecule has 0 N–H and O–H groups in total. The lowest BCUT2D eigenvalue weighted by Crippen LogP contribution is -2.50. The van der Waals surface area contributed by atoms with Crippen LogP contribution >= 0.6 is 23.2 Å². The Morgan fingerprint density at radius 2 is 1.91 bits per heavy atom. The van der Waals surface area contributed by atoms with Crippen molar-refractivity contribution in [2.75, 3.05) is 26.2 Å². The predicted molar refractivity (Wildman–Crippen MR) is 117 cm³/mol. The average molecular weight is 499 g/mol. The van der Waals surface area contributed by atoms with Gasteiger partial charge in [0.2, 0.25) is 10.0 Å². The van der Waals surface area contributed by atoms with Crippen LogP contribution in [0.2, 0.25) is 10.0 Å². The van der Waals surface area contributed by atoms with Crippen LogP contribution in [0.1, 0.15) is 10.5 Å². The fraction of sp³-hybridized carbons (Fsp3) is 0.316. The molecule has 1 amide bonds. The summed E-state index contributed by atoms with van der Waals surface area (Å²) in [6, 6.07) is 6.64. The third kappa shape index (κ3) is 4.60. The number of carbonyl (C=O) groups is 1. The number of carbonyl (C=O) groups excluding carboxylic acids is 1. The van der Waals surface area contributed by atoms with E-state index in [2.05, 4.69) is 10.2 Å². The maximum absolute atomic E-state index is 12.8. The molecule has 0 atom stereocenters. The van der Waals surface area contributed by atoms with Gasteiger partial charge >= 0.3 is 0 Å². The van der Waals surface area contributed by atoms with Crippen molar-refractivity contribution in [3.8, 4) is 5.75 Å². The summed E-state index contributed by atoms with van der Waals surface area (Å²) >= 11 is 12.1. The van der Waals surface area contributed by atoms with E-state index in [1.807, 2.05) is 0 Å². The molecule has 0 radical (unpaired) electrons. The molecule has 1 saturated heterocycles. The summed E-state index contributed by atoms with van der Waals surface area (Å²) in [7, 11) is -1.98.